The molecule has 0 unspecified atom stereocenters. The van der Waals surface area contributed by atoms with E-state index in [1.54, 1.807) is 19.9 Å². The summed E-state index contributed by atoms with van der Waals surface area (Å²) in [5, 5.41) is 6.25. The van der Waals surface area contributed by atoms with Crippen LogP contribution in [0, 0.1) is 6.92 Å². The Labute approximate surface area is 107 Å². The van der Waals surface area contributed by atoms with Crippen LogP contribution in [0.5, 0.6) is 0 Å². The number of nitrogens with two attached hydrogens (primary N) is 1. The molecule has 0 aromatic carbocycles. The molecule has 0 aliphatic heterocycles. The molecule has 6 nitrogen and oxygen atoms in total. The number of rotatable bonds is 4. The summed E-state index contributed by atoms with van der Waals surface area (Å²) in [5.41, 5.74) is 5.48. The SMILES string of the molecule is Cc1cc(NC(=O)[C@@H](N)[C@@H](C)OC(C)(C)C)no1. The first kappa shape index (κ1) is 14.7. The fourth-order valence-corrected chi connectivity index (χ4v) is 1.48. The highest BCUT2D eigenvalue weighted by molar-refractivity contribution is 5.94. The molecule has 1 rings (SSSR count). The number of hydrogen-bond donors (Lipinski definition) is 2. The maximum atomic E-state index is 11.9. The summed E-state index contributed by atoms with van der Waals surface area (Å²) in [6, 6.07) is 0.862. The van der Waals surface area contributed by atoms with Crippen LogP contribution in [0.4, 0.5) is 5.82 Å². The zero-order chi connectivity index (χ0) is 13.9. The molecule has 0 bridgehead atoms. The largest absolute Gasteiger partial charge is 0.371 e. The van der Waals surface area contributed by atoms with E-state index in [4.69, 9.17) is 15.0 Å². The van der Waals surface area contributed by atoms with Crippen LogP contribution in [0.2, 0.25) is 0 Å². The number of carbonyl (C=O) groups excluding carboxylic acids is 1. The Hall–Kier alpha value is -1.40. The lowest BCUT2D eigenvalue weighted by atomic mass is 10.1. The molecule has 0 saturated heterocycles. The quantitative estimate of drug-likeness (QED) is 0.849. The van der Waals surface area contributed by atoms with Gasteiger partial charge in [-0.25, -0.2) is 0 Å². The second-order valence-corrected chi connectivity index (χ2v) is 5.27. The van der Waals surface area contributed by atoms with E-state index in [9.17, 15) is 4.79 Å². The molecule has 6 heteroatoms. The molecule has 0 fully saturated rings. The van der Waals surface area contributed by atoms with E-state index in [-0.39, 0.29) is 11.5 Å². The van der Waals surface area contributed by atoms with Crippen molar-refractivity contribution in [3.05, 3.63) is 11.8 Å². The van der Waals surface area contributed by atoms with Gasteiger partial charge in [-0.05, 0) is 34.6 Å². The second kappa shape index (κ2) is 5.49. The average Bonchev–Trinajstić information content (AvgIpc) is 2.60. The van der Waals surface area contributed by atoms with Gasteiger partial charge in [0.05, 0.1) is 11.7 Å². The molecular formula is C12H21N3O3. The fourth-order valence-electron chi connectivity index (χ4n) is 1.48. The summed E-state index contributed by atoms with van der Waals surface area (Å²) in [6.45, 7) is 9.25. The number of carbonyl (C=O) groups is 1. The van der Waals surface area contributed by atoms with Gasteiger partial charge in [-0.1, -0.05) is 5.16 Å². The Balaban J connectivity index is 2.56. The van der Waals surface area contributed by atoms with Crippen molar-refractivity contribution in [2.75, 3.05) is 5.32 Å². The van der Waals surface area contributed by atoms with Crippen molar-refractivity contribution < 1.29 is 14.1 Å². The van der Waals surface area contributed by atoms with Crippen LogP contribution >= 0.6 is 0 Å². The van der Waals surface area contributed by atoms with Gasteiger partial charge in [0.15, 0.2) is 5.82 Å². The Morgan fingerprint density at radius 3 is 2.61 bits per heavy atom. The van der Waals surface area contributed by atoms with Crippen molar-refractivity contribution >= 4 is 11.7 Å². The summed E-state index contributed by atoms with van der Waals surface area (Å²) in [7, 11) is 0. The van der Waals surface area contributed by atoms with Crippen LogP contribution in [0.25, 0.3) is 0 Å². The van der Waals surface area contributed by atoms with Crippen LogP contribution in [0.1, 0.15) is 33.5 Å². The summed E-state index contributed by atoms with van der Waals surface area (Å²) in [4.78, 5) is 11.9. The Bertz CT molecular complexity index is 409. The van der Waals surface area contributed by atoms with Gasteiger partial charge in [0.25, 0.3) is 0 Å². The van der Waals surface area contributed by atoms with E-state index < -0.39 is 12.1 Å². The Morgan fingerprint density at radius 1 is 1.56 bits per heavy atom. The number of anilines is 1. The van der Waals surface area contributed by atoms with Crippen LogP contribution in [-0.2, 0) is 9.53 Å². The predicted molar refractivity (Wildman–Crippen MR) is 68.1 cm³/mol. The predicted octanol–water partition coefficient (Wildman–Crippen LogP) is 1.45. The number of nitrogens with one attached hydrogen (secondary N) is 1. The van der Waals surface area contributed by atoms with E-state index in [2.05, 4.69) is 10.5 Å². The Morgan fingerprint density at radius 2 is 2.17 bits per heavy atom. The first-order chi connectivity index (χ1) is 8.19. The number of aryl methyl sites for hydroxylation is 1. The van der Waals surface area contributed by atoms with E-state index in [0.29, 0.717) is 11.6 Å². The van der Waals surface area contributed by atoms with E-state index in [1.165, 1.54) is 0 Å². The number of nitrogens with zero attached hydrogens (tertiary/aromatic N) is 1. The van der Waals surface area contributed by atoms with Crippen molar-refractivity contribution in [2.24, 2.45) is 5.73 Å². The summed E-state index contributed by atoms with van der Waals surface area (Å²) in [6.07, 6.45) is -0.391. The molecular weight excluding hydrogens is 234 g/mol. The molecule has 0 saturated carbocycles. The monoisotopic (exact) mass is 255 g/mol. The first-order valence-corrected chi connectivity index (χ1v) is 5.86. The van der Waals surface area contributed by atoms with E-state index in [0.717, 1.165) is 0 Å². The van der Waals surface area contributed by atoms with Crippen LogP contribution in [-0.4, -0.2) is 28.8 Å². The van der Waals surface area contributed by atoms with Gasteiger partial charge < -0.3 is 20.3 Å². The molecule has 2 atom stereocenters. The van der Waals surface area contributed by atoms with E-state index in [1.807, 2.05) is 20.8 Å². The zero-order valence-corrected chi connectivity index (χ0v) is 11.5. The van der Waals surface area contributed by atoms with Gasteiger partial charge in [-0.2, -0.15) is 0 Å². The molecule has 1 amide bonds. The zero-order valence-electron chi connectivity index (χ0n) is 11.5. The van der Waals surface area contributed by atoms with Crippen LogP contribution in [0.15, 0.2) is 10.6 Å². The summed E-state index contributed by atoms with van der Waals surface area (Å²) >= 11 is 0. The molecule has 0 aliphatic rings. The maximum Gasteiger partial charge on any atom is 0.245 e. The van der Waals surface area contributed by atoms with Crippen molar-refractivity contribution in [3.8, 4) is 0 Å². The van der Waals surface area contributed by atoms with Gasteiger partial charge >= 0.3 is 0 Å². The highest BCUT2D eigenvalue weighted by Gasteiger charge is 2.26. The number of amides is 1. The lowest BCUT2D eigenvalue weighted by molar-refractivity contribution is -0.124. The summed E-state index contributed by atoms with van der Waals surface area (Å²) in [5.74, 6) is 0.633. The molecule has 0 aliphatic carbocycles. The minimum absolute atomic E-state index is 0.345. The van der Waals surface area contributed by atoms with Crippen LogP contribution < -0.4 is 11.1 Å². The molecule has 1 aromatic rings. The minimum atomic E-state index is -0.763. The third kappa shape index (κ3) is 4.46. The molecule has 0 spiro atoms. The minimum Gasteiger partial charge on any atom is -0.371 e. The van der Waals surface area contributed by atoms with Gasteiger partial charge in [-0.15, -0.1) is 0 Å². The van der Waals surface area contributed by atoms with Crippen molar-refractivity contribution in [1.82, 2.24) is 5.16 Å². The topological polar surface area (TPSA) is 90.4 Å². The first-order valence-electron chi connectivity index (χ1n) is 5.86. The number of hydrogen-bond acceptors (Lipinski definition) is 5. The third-order valence-electron chi connectivity index (χ3n) is 2.23. The molecule has 0 radical (unpaired) electrons. The van der Waals surface area contributed by atoms with Gasteiger partial charge in [-0.3, -0.25) is 4.79 Å². The molecule has 1 heterocycles. The molecule has 18 heavy (non-hydrogen) atoms. The highest BCUT2D eigenvalue weighted by atomic mass is 16.5. The van der Waals surface area contributed by atoms with Crippen molar-refractivity contribution in [2.45, 2.75) is 52.4 Å². The standard InChI is InChI=1S/C12H21N3O3/c1-7-6-9(15-18-7)14-11(16)10(13)8(2)17-12(3,4)5/h6,8,10H,13H2,1-5H3,(H,14,15,16)/t8-,10+/m1/s1. The fraction of sp³-hybridized carbons (Fsp3) is 0.667. The second-order valence-electron chi connectivity index (χ2n) is 5.27. The normalized spacial score (nSPS) is 15.2. The highest BCUT2D eigenvalue weighted by Crippen LogP contribution is 2.13. The van der Waals surface area contributed by atoms with Crippen LogP contribution in [0.3, 0.4) is 0 Å². The van der Waals surface area contributed by atoms with Gasteiger partial charge in [0.1, 0.15) is 11.8 Å². The third-order valence-corrected chi connectivity index (χ3v) is 2.23. The van der Waals surface area contributed by atoms with Crippen molar-refractivity contribution in [1.29, 1.82) is 0 Å². The summed E-state index contributed by atoms with van der Waals surface area (Å²) < 4.78 is 10.5. The number of ether oxygens (including phenoxy) is 1. The van der Waals surface area contributed by atoms with Gasteiger partial charge in [0, 0.05) is 6.07 Å². The number of aromatic nitrogens is 1. The maximum absolute atomic E-state index is 11.9. The Kier molecular flexibility index (Phi) is 4.48. The molecule has 1 aromatic heterocycles. The lowest BCUT2D eigenvalue weighted by Gasteiger charge is -2.28. The van der Waals surface area contributed by atoms with Crippen molar-refractivity contribution in [3.63, 3.8) is 0 Å². The van der Waals surface area contributed by atoms with E-state index >= 15 is 0 Å². The molecule has 3 N–H and O–H groups in total. The smallest absolute Gasteiger partial charge is 0.245 e. The lowest BCUT2D eigenvalue weighted by Crippen LogP contribution is -2.47. The molecule has 102 valence electrons. The van der Waals surface area contributed by atoms with Gasteiger partial charge in [0.2, 0.25) is 5.91 Å². The average molecular weight is 255 g/mol.